The van der Waals surface area contributed by atoms with Gasteiger partial charge in [0.05, 0.1) is 19.3 Å². The van der Waals surface area contributed by atoms with Crippen LogP contribution in [0.25, 0.3) is 0 Å². The van der Waals surface area contributed by atoms with Crippen molar-refractivity contribution < 1.29 is 9.84 Å². The lowest BCUT2D eigenvalue weighted by Crippen LogP contribution is -2.43. The van der Waals surface area contributed by atoms with E-state index in [1.165, 1.54) is 0 Å². The van der Waals surface area contributed by atoms with E-state index >= 15 is 0 Å². The lowest BCUT2D eigenvalue weighted by Gasteiger charge is -2.27. The summed E-state index contributed by atoms with van der Waals surface area (Å²) in [5.41, 5.74) is -0.144. The van der Waals surface area contributed by atoms with Crippen LogP contribution >= 0.6 is 0 Å². The third kappa shape index (κ3) is 8.55. The molecule has 17 heavy (non-hydrogen) atoms. The molecule has 0 bridgehead atoms. The van der Waals surface area contributed by atoms with Crippen molar-refractivity contribution in [1.29, 1.82) is 0 Å². The molecule has 0 aliphatic heterocycles. The van der Waals surface area contributed by atoms with E-state index < -0.39 is 0 Å². The minimum Gasteiger partial charge on any atom is -0.394 e. The SMILES string of the molecule is CNC(C)(CO)CCCN(C)CCOC(C)C. The number of nitrogens with zero attached hydrogens (tertiary/aromatic N) is 1. The number of rotatable bonds is 10. The van der Waals surface area contributed by atoms with Crippen LogP contribution in [-0.2, 0) is 4.74 Å². The molecule has 0 aromatic heterocycles. The van der Waals surface area contributed by atoms with Gasteiger partial charge in [0.15, 0.2) is 0 Å². The number of aliphatic hydroxyl groups is 1. The molecule has 0 saturated carbocycles. The molecule has 1 unspecified atom stereocenters. The van der Waals surface area contributed by atoms with Gasteiger partial charge in [-0.2, -0.15) is 0 Å². The van der Waals surface area contributed by atoms with Crippen molar-refractivity contribution in [3.63, 3.8) is 0 Å². The fourth-order valence-corrected chi connectivity index (χ4v) is 1.58. The monoisotopic (exact) mass is 246 g/mol. The fourth-order valence-electron chi connectivity index (χ4n) is 1.58. The zero-order chi connectivity index (χ0) is 13.3. The van der Waals surface area contributed by atoms with Gasteiger partial charge < -0.3 is 20.1 Å². The molecule has 0 aromatic carbocycles. The summed E-state index contributed by atoms with van der Waals surface area (Å²) in [4.78, 5) is 2.27. The molecule has 0 rings (SSSR count). The average Bonchev–Trinajstić information content (AvgIpc) is 2.28. The van der Waals surface area contributed by atoms with E-state index in [4.69, 9.17) is 4.74 Å². The van der Waals surface area contributed by atoms with Crippen LogP contribution in [0.15, 0.2) is 0 Å². The van der Waals surface area contributed by atoms with Gasteiger partial charge in [-0.1, -0.05) is 0 Å². The van der Waals surface area contributed by atoms with Gasteiger partial charge in [0.1, 0.15) is 0 Å². The molecular weight excluding hydrogens is 216 g/mol. The minimum absolute atomic E-state index is 0.144. The molecule has 0 heterocycles. The predicted molar refractivity (Wildman–Crippen MR) is 72.4 cm³/mol. The Kier molecular flexibility index (Phi) is 8.78. The Bertz CT molecular complexity index is 182. The minimum atomic E-state index is -0.144. The number of likely N-dealkylation sites (N-methyl/N-ethyl adjacent to an activating group) is 2. The van der Waals surface area contributed by atoms with E-state index in [0.717, 1.165) is 32.5 Å². The van der Waals surface area contributed by atoms with Gasteiger partial charge in [-0.15, -0.1) is 0 Å². The van der Waals surface area contributed by atoms with E-state index in [0.29, 0.717) is 6.10 Å². The van der Waals surface area contributed by atoms with Crippen LogP contribution in [0.5, 0.6) is 0 Å². The highest BCUT2D eigenvalue weighted by atomic mass is 16.5. The highest BCUT2D eigenvalue weighted by Crippen LogP contribution is 2.10. The van der Waals surface area contributed by atoms with Crippen molar-refractivity contribution in [2.75, 3.05) is 40.4 Å². The second kappa shape index (κ2) is 8.86. The smallest absolute Gasteiger partial charge is 0.0610 e. The predicted octanol–water partition coefficient (Wildman–Crippen LogP) is 1.09. The van der Waals surface area contributed by atoms with Crippen LogP contribution in [0, 0.1) is 0 Å². The van der Waals surface area contributed by atoms with Gasteiger partial charge >= 0.3 is 0 Å². The maximum Gasteiger partial charge on any atom is 0.0610 e. The quantitative estimate of drug-likeness (QED) is 0.606. The molecule has 0 aliphatic carbocycles. The Hall–Kier alpha value is -0.160. The standard InChI is InChI=1S/C13H30N2O2/c1-12(2)17-10-9-15(5)8-6-7-13(3,11-16)14-4/h12,14,16H,6-11H2,1-5H3. The first kappa shape index (κ1) is 16.8. The third-order valence-electron chi connectivity index (χ3n) is 3.15. The summed E-state index contributed by atoms with van der Waals surface area (Å²) in [7, 11) is 4.01. The Morgan fingerprint density at radius 2 is 2.00 bits per heavy atom. The summed E-state index contributed by atoms with van der Waals surface area (Å²) in [6.07, 6.45) is 2.37. The van der Waals surface area contributed by atoms with Gasteiger partial charge in [0.2, 0.25) is 0 Å². The Balaban J connectivity index is 3.60. The lowest BCUT2D eigenvalue weighted by molar-refractivity contribution is 0.0629. The molecule has 0 amide bonds. The number of ether oxygens (including phenoxy) is 1. The molecule has 104 valence electrons. The van der Waals surface area contributed by atoms with Crippen LogP contribution in [-0.4, -0.2) is 62.0 Å². The van der Waals surface area contributed by atoms with Crippen molar-refractivity contribution in [3.05, 3.63) is 0 Å². The molecule has 1 atom stereocenters. The van der Waals surface area contributed by atoms with E-state index in [-0.39, 0.29) is 12.1 Å². The summed E-state index contributed by atoms with van der Waals surface area (Å²) < 4.78 is 5.51. The van der Waals surface area contributed by atoms with Gasteiger partial charge in [0, 0.05) is 12.1 Å². The Morgan fingerprint density at radius 3 is 2.47 bits per heavy atom. The normalized spacial score (nSPS) is 15.5. The zero-order valence-corrected chi connectivity index (χ0v) is 12.1. The molecule has 0 radical (unpaired) electrons. The third-order valence-corrected chi connectivity index (χ3v) is 3.15. The van der Waals surface area contributed by atoms with Crippen LogP contribution in [0.4, 0.5) is 0 Å². The van der Waals surface area contributed by atoms with Crippen molar-refractivity contribution in [1.82, 2.24) is 10.2 Å². The average molecular weight is 246 g/mol. The van der Waals surface area contributed by atoms with Gasteiger partial charge in [-0.25, -0.2) is 0 Å². The molecule has 0 fully saturated rings. The number of aliphatic hydroxyl groups excluding tert-OH is 1. The summed E-state index contributed by atoms with van der Waals surface area (Å²) in [6, 6.07) is 0. The molecule has 4 heteroatoms. The molecule has 4 nitrogen and oxygen atoms in total. The van der Waals surface area contributed by atoms with Crippen molar-refractivity contribution in [3.8, 4) is 0 Å². The maximum atomic E-state index is 9.26. The van der Waals surface area contributed by atoms with Crippen LogP contribution in [0.3, 0.4) is 0 Å². The van der Waals surface area contributed by atoms with Crippen molar-refractivity contribution >= 4 is 0 Å². The van der Waals surface area contributed by atoms with Crippen LogP contribution < -0.4 is 5.32 Å². The highest BCUT2D eigenvalue weighted by Gasteiger charge is 2.19. The summed E-state index contributed by atoms with van der Waals surface area (Å²) >= 11 is 0. The van der Waals surface area contributed by atoms with Crippen LogP contribution in [0.2, 0.25) is 0 Å². The van der Waals surface area contributed by atoms with E-state index in [2.05, 4.69) is 38.0 Å². The van der Waals surface area contributed by atoms with Gasteiger partial charge in [-0.05, 0) is 54.3 Å². The van der Waals surface area contributed by atoms with E-state index in [1.54, 1.807) is 0 Å². The second-order valence-electron chi connectivity index (χ2n) is 5.30. The maximum absolute atomic E-state index is 9.26. The molecule has 2 N–H and O–H groups in total. The number of nitrogens with one attached hydrogen (secondary N) is 1. The topological polar surface area (TPSA) is 44.7 Å². The second-order valence-corrected chi connectivity index (χ2v) is 5.30. The highest BCUT2D eigenvalue weighted by molar-refractivity contribution is 4.80. The Labute approximate surface area is 106 Å². The molecule has 0 aliphatic rings. The Morgan fingerprint density at radius 1 is 1.35 bits per heavy atom. The van der Waals surface area contributed by atoms with E-state index in [9.17, 15) is 5.11 Å². The summed E-state index contributed by atoms with van der Waals surface area (Å²) in [6.45, 7) is 9.14. The van der Waals surface area contributed by atoms with Gasteiger partial charge in [-0.3, -0.25) is 0 Å². The first-order chi connectivity index (χ1) is 7.93. The number of hydrogen-bond acceptors (Lipinski definition) is 4. The molecular formula is C13H30N2O2. The molecule has 0 aromatic rings. The fraction of sp³-hybridized carbons (Fsp3) is 1.00. The van der Waals surface area contributed by atoms with Gasteiger partial charge in [0.25, 0.3) is 0 Å². The van der Waals surface area contributed by atoms with Crippen molar-refractivity contribution in [2.45, 2.75) is 45.3 Å². The van der Waals surface area contributed by atoms with E-state index in [1.807, 2.05) is 7.05 Å². The van der Waals surface area contributed by atoms with Crippen LogP contribution in [0.1, 0.15) is 33.6 Å². The first-order valence-electron chi connectivity index (χ1n) is 6.53. The lowest BCUT2D eigenvalue weighted by atomic mass is 9.97. The largest absolute Gasteiger partial charge is 0.394 e. The first-order valence-corrected chi connectivity index (χ1v) is 6.53. The molecule has 0 spiro atoms. The number of hydrogen-bond donors (Lipinski definition) is 2. The van der Waals surface area contributed by atoms with Crippen molar-refractivity contribution in [2.24, 2.45) is 0 Å². The summed E-state index contributed by atoms with van der Waals surface area (Å²) in [5.74, 6) is 0. The molecule has 0 saturated heterocycles. The summed E-state index contributed by atoms with van der Waals surface area (Å²) in [5, 5.41) is 12.4. The zero-order valence-electron chi connectivity index (χ0n) is 12.1.